The molecule has 1 aromatic heterocycles. The highest BCUT2D eigenvalue weighted by Crippen LogP contribution is 2.31. The molecule has 0 radical (unpaired) electrons. The third-order valence-electron chi connectivity index (χ3n) is 2.45. The van der Waals surface area contributed by atoms with E-state index in [9.17, 15) is 18.3 Å². The lowest BCUT2D eigenvalue weighted by Gasteiger charge is -2.13. The minimum Gasteiger partial charge on any atom is -0.382 e. The van der Waals surface area contributed by atoms with Crippen LogP contribution in [0.3, 0.4) is 0 Å². The van der Waals surface area contributed by atoms with Crippen molar-refractivity contribution >= 4 is 31.9 Å². The summed E-state index contributed by atoms with van der Waals surface area (Å²) in [6.07, 6.45) is -0.0984. The smallest absolute Gasteiger partial charge is 0.194 e. The third kappa shape index (κ3) is 2.82. The maximum absolute atomic E-state index is 13.6. The van der Waals surface area contributed by atoms with Crippen LogP contribution in [0.1, 0.15) is 17.4 Å². The molecule has 2 nitrogen and oxygen atoms in total. The van der Waals surface area contributed by atoms with Gasteiger partial charge in [0.2, 0.25) is 0 Å². The minimum absolute atomic E-state index is 0.105. The van der Waals surface area contributed by atoms with Crippen molar-refractivity contribution in [2.24, 2.45) is 0 Å². The quantitative estimate of drug-likeness (QED) is 0.775. The average molecular weight is 397 g/mol. The fourth-order valence-corrected chi connectivity index (χ4v) is 2.73. The molecule has 2 rings (SSSR count). The Morgan fingerprint density at radius 3 is 2.42 bits per heavy atom. The van der Waals surface area contributed by atoms with Crippen LogP contribution in [0, 0.1) is 17.5 Å². The van der Waals surface area contributed by atoms with Crippen LogP contribution < -0.4 is 0 Å². The van der Waals surface area contributed by atoms with Gasteiger partial charge in [-0.2, -0.15) is 0 Å². The predicted molar refractivity (Wildman–Crippen MR) is 70.0 cm³/mol. The van der Waals surface area contributed by atoms with Crippen molar-refractivity contribution in [3.63, 3.8) is 0 Å². The lowest BCUT2D eigenvalue weighted by atomic mass is 10.0. The Bertz CT molecular complexity index is 637. The van der Waals surface area contributed by atoms with Gasteiger partial charge in [-0.05, 0) is 50.1 Å². The van der Waals surface area contributed by atoms with E-state index in [1.165, 1.54) is 6.20 Å². The van der Waals surface area contributed by atoms with Crippen LogP contribution >= 0.6 is 31.9 Å². The van der Waals surface area contributed by atoms with Gasteiger partial charge in [-0.1, -0.05) is 0 Å². The molecule has 1 atom stereocenters. The Hall–Kier alpha value is -0.920. The van der Waals surface area contributed by atoms with Crippen LogP contribution in [0.4, 0.5) is 13.2 Å². The molecule has 0 aliphatic heterocycles. The number of aromatic nitrogens is 1. The van der Waals surface area contributed by atoms with Gasteiger partial charge in [0.05, 0.1) is 5.69 Å². The van der Waals surface area contributed by atoms with Gasteiger partial charge in [-0.25, -0.2) is 13.2 Å². The summed E-state index contributed by atoms with van der Waals surface area (Å²) in [5.41, 5.74) is -0.275. The minimum atomic E-state index is -1.62. The van der Waals surface area contributed by atoms with E-state index >= 15 is 0 Å². The molecule has 0 saturated carbocycles. The molecule has 19 heavy (non-hydrogen) atoms. The zero-order valence-electron chi connectivity index (χ0n) is 9.17. The summed E-state index contributed by atoms with van der Waals surface area (Å²) in [6.45, 7) is 0. The average Bonchev–Trinajstić information content (AvgIpc) is 2.35. The number of halogens is 5. The maximum atomic E-state index is 13.6. The van der Waals surface area contributed by atoms with Crippen molar-refractivity contribution in [3.8, 4) is 0 Å². The van der Waals surface area contributed by atoms with E-state index in [1.54, 1.807) is 6.07 Å². The van der Waals surface area contributed by atoms with Crippen LogP contribution in [-0.2, 0) is 0 Å². The fourth-order valence-electron chi connectivity index (χ4n) is 1.53. The second kappa shape index (κ2) is 5.60. The molecule has 1 unspecified atom stereocenters. The largest absolute Gasteiger partial charge is 0.382 e. The summed E-state index contributed by atoms with van der Waals surface area (Å²) in [5.74, 6) is -4.36. The summed E-state index contributed by atoms with van der Waals surface area (Å²) in [4.78, 5) is 3.92. The second-order valence-corrected chi connectivity index (χ2v) is 5.46. The van der Waals surface area contributed by atoms with Crippen LogP contribution in [0.2, 0.25) is 0 Å². The number of hydrogen-bond acceptors (Lipinski definition) is 2. The molecule has 0 fully saturated rings. The molecular formula is C12H6Br2F3NO. The first kappa shape index (κ1) is 14.5. The van der Waals surface area contributed by atoms with Crippen LogP contribution in [0.5, 0.6) is 0 Å². The summed E-state index contributed by atoms with van der Waals surface area (Å²) in [5, 5.41) is 10.0. The Morgan fingerprint density at radius 2 is 1.79 bits per heavy atom. The monoisotopic (exact) mass is 395 g/mol. The van der Waals surface area contributed by atoms with Crippen molar-refractivity contribution in [1.82, 2.24) is 4.98 Å². The fraction of sp³-hybridized carbons (Fsp3) is 0.0833. The van der Waals surface area contributed by atoms with Gasteiger partial charge < -0.3 is 5.11 Å². The van der Waals surface area contributed by atoms with Gasteiger partial charge in [0.15, 0.2) is 17.5 Å². The lowest BCUT2D eigenvalue weighted by Crippen LogP contribution is -2.08. The Kier molecular flexibility index (Phi) is 4.27. The van der Waals surface area contributed by atoms with E-state index in [-0.39, 0.29) is 11.3 Å². The number of aliphatic hydroxyl groups excluding tert-OH is 1. The Labute approximate surface area is 123 Å². The molecule has 100 valence electrons. The van der Waals surface area contributed by atoms with Crippen LogP contribution in [-0.4, -0.2) is 10.1 Å². The topological polar surface area (TPSA) is 33.1 Å². The number of benzene rings is 1. The predicted octanol–water partition coefficient (Wildman–Crippen LogP) is 4.11. The van der Waals surface area contributed by atoms with Crippen molar-refractivity contribution in [2.45, 2.75) is 6.10 Å². The summed E-state index contributed by atoms with van der Waals surface area (Å²) in [7, 11) is 0. The van der Waals surface area contributed by atoms with Gasteiger partial charge in [-0.15, -0.1) is 0 Å². The second-order valence-electron chi connectivity index (χ2n) is 3.69. The van der Waals surface area contributed by atoms with Gasteiger partial charge in [0.25, 0.3) is 0 Å². The third-order valence-corrected chi connectivity index (χ3v) is 3.52. The maximum Gasteiger partial charge on any atom is 0.194 e. The first-order valence-electron chi connectivity index (χ1n) is 5.04. The molecule has 0 saturated heterocycles. The number of hydrogen-bond donors (Lipinski definition) is 1. The number of nitrogens with zero attached hydrogens (tertiary/aromatic N) is 1. The SMILES string of the molecule is OC(c1ccc(F)c(F)c1F)c1ncc(Br)cc1Br. The van der Waals surface area contributed by atoms with Crippen molar-refractivity contribution < 1.29 is 18.3 Å². The van der Waals surface area contributed by atoms with E-state index in [2.05, 4.69) is 36.8 Å². The number of pyridine rings is 1. The van der Waals surface area contributed by atoms with E-state index < -0.39 is 23.6 Å². The molecule has 1 N–H and O–H groups in total. The lowest BCUT2D eigenvalue weighted by molar-refractivity contribution is 0.207. The zero-order chi connectivity index (χ0) is 14.2. The van der Waals surface area contributed by atoms with Crippen LogP contribution in [0.25, 0.3) is 0 Å². The molecule has 0 amide bonds. The van der Waals surface area contributed by atoms with E-state index in [0.717, 1.165) is 12.1 Å². The van der Waals surface area contributed by atoms with Crippen molar-refractivity contribution in [3.05, 3.63) is 62.1 Å². The summed E-state index contributed by atoms with van der Waals surface area (Å²) < 4.78 is 40.6. The molecule has 2 aromatic rings. The molecule has 0 bridgehead atoms. The first-order chi connectivity index (χ1) is 8.91. The van der Waals surface area contributed by atoms with Gasteiger partial charge in [0, 0.05) is 20.7 Å². The molecular weight excluding hydrogens is 391 g/mol. The summed E-state index contributed by atoms with van der Waals surface area (Å²) >= 11 is 6.34. The summed E-state index contributed by atoms with van der Waals surface area (Å²) in [6, 6.07) is 3.33. The molecule has 0 spiro atoms. The van der Waals surface area contributed by atoms with Gasteiger partial charge in [0.1, 0.15) is 6.10 Å². The Morgan fingerprint density at radius 1 is 1.11 bits per heavy atom. The van der Waals surface area contributed by atoms with Crippen LogP contribution in [0.15, 0.2) is 33.3 Å². The van der Waals surface area contributed by atoms with Crippen molar-refractivity contribution in [2.75, 3.05) is 0 Å². The molecule has 0 aliphatic carbocycles. The first-order valence-corrected chi connectivity index (χ1v) is 6.62. The molecule has 1 heterocycles. The molecule has 0 aliphatic rings. The highest BCUT2D eigenvalue weighted by Gasteiger charge is 2.23. The van der Waals surface area contributed by atoms with Crippen molar-refractivity contribution in [1.29, 1.82) is 0 Å². The normalized spacial score (nSPS) is 12.5. The Balaban J connectivity index is 2.50. The van der Waals surface area contributed by atoms with E-state index in [0.29, 0.717) is 8.95 Å². The standard InChI is InChI=1S/C12H6Br2F3NO/c13-5-3-7(14)11(18-4-5)12(19)6-1-2-8(15)10(17)9(6)16/h1-4,12,19H. The van der Waals surface area contributed by atoms with E-state index in [4.69, 9.17) is 0 Å². The van der Waals surface area contributed by atoms with E-state index in [1.807, 2.05) is 0 Å². The number of aliphatic hydroxyl groups is 1. The van der Waals surface area contributed by atoms with Gasteiger partial charge >= 0.3 is 0 Å². The molecule has 7 heteroatoms. The highest BCUT2D eigenvalue weighted by atomic mass is 79.9. The zero-order valence-corrected chi connectivity index (χ0v) is 12.3. The number of rotatable bonds is 2. The van der Waals surface area contributed by atoms with Gasteiger partial charge in [-0.3, -0.25) is 4.98 Å². The molecule has 1 aromatic carbocycles. The highest BCUT2D eigenvalue weighted by molar-refractivity contribution is 9.11.